The number of halogens is 1. The van der Waals surface area contributed by atoms with E-state index in [0.29, 0.717) is 6.04 Å². The highest BCUT2D eigenvalue weighted by molar-refractivity contribution is 5.70. The average molecular weight is 307 g/mol. The second kappa shape index (κ2) is 6.78. The standard InChI is InChI=1S/C18H26FNO2/c1-18(2,3)16(12-4-8-14(19)9-5-12)20-15-10-6-13(7-11-15)17(21)22/h4-5,8-9,13,15-16,20H,6-7,10-11H2,1-3H3,(H,21,22). The van der Waals surface area contributed by atoms with Crippen LogP contribution >= 0.6 is 0 Å². The minimum absolute atomic E-state index is 0.00146. The fourth-order valence-electron chi connectivity index (χ4n) is 3.24. The number of aliphatic carboxylic acids is 1. The molecule has 3 nitrogen and oxygen atoms in total. The monoisotopic (exact) mass is 307 g/mol. The fourth-order valence-corrected chi connectivity index (χ4v) is 3.24. The molecule has 1 saturated carbocycles. The average Bonchev–Trinajstić information content (AvgIpc) is 2.45. The first-order valence-electron chi connectivity index (χ1n) is 8.01. The van der Waals surface area contributed by atoms with Gasteiger partial charge < -0.3 is 10.4 Å². The molecule has 122 valence electrons. The topological polar surface area (TPSA) is 49.3 Å². The van der Waals surface area contributed by atoms with Crippen molar-refractivity contribution in [2.75, 3.05) is 0 Å². The van der Waals surface area contributed by atoms with Crippen LogP contribution in [-0.4, -0.2) is 17.1 Å². The lowest BCUT2D eigenvalue weighted by Crippen LogP contribution is -2.41. The normalized spacial score (nSPS) is 24.0. The van der Waals surface area contributed by atoms with E-state index in [-0.39, 0.29) is 23.2 Å². The smallest absolute Gasteiger partial charge is 0.306 e. The molecular weight excluding hydrogens is 281 g/mol. The summed E-state index contributed by atoms with van der Waals surface area (Å²) in [5.74, 6) is -1.10. The van der Waals surface area contributed by atoms with Gasteiger partial charge in [0.2, 0.25) is 0 Å². The van der Waals surface area contributed by atoms with Gasteiger partial charge in [-0.3, -0.25) is 4.79 Å². The number of carboxylic acid groups (broad SMARTS) is 1. The van der Waals surface area contributed by atoms with Crippen molar-refractivity contribution in [3.05, 3.63) is 35.6 Å². The molecule has 2 rings (SSSR count). The molecular formula is C18H26FNO2. The molecule has 4 heteroatoms. The zero-order valence-corrected chi connectivity index (χ0v) is 13.6. The lowest BCUT2D eigenvalue weighted by molar-refractivity contribution is -0.142. The van der Waals surface area contributed by atoms with E-state index in [1.165, 1.54) is 12.1 Å². The molecule has 0 aliphatic heterocycles. The quantitative estimate of drug-likeness (QED) is 0.878. The molecule has 1 aromatic rings. The van der Waals surface area contributed by atoms with E-state index >= 15 is 0 Å². The maximum Gasteiger partial charge on any atom is 0.306 e. The van der Waals surface area contributed by atoms with Crippen LogP contribution in [0.2, 0.25) is 0 Å². The van der Waals surface area contributed by atoms with Gasteiger partial charge >= 0.3 is 5.97 Å². The van der Waals surface area contributed by atoms with Gasteiger partial charge in [0.15, 0.2) is 0 Å². The van der Waals surface area contributed by atoms with Crippen molar-refractivity contribution in [3.8, 4) is 0 Å². The van der Waals surface area contributed by atoms with Crippen LogP contribution in [0.25, 0.3) is 0 Å². The van der Waals surface area contributed by atoms with Gasteiger partial charge in [-0.2, -0.15) is 0 Å². The molecule has 0 heterocycles. The van der Waals surface area contributed by atoms with Gasteiger partial charge in [-0.05, 0) is 48.8 Å². The van der Waals surface area contributed by atoms with Crippen LogP contribution < -0.4 is 5.32 Å². The number of rotatable bonds is 4. The van der Waals surface area contributed by atoms with Gasteiger partial charge in [0, 0.05) is 12.1 Å². The predicted octanol–water partition coefficient (Wildman–Crippen LogP) is 4.15. The van der Waals surface area contributed by atoms with Gasteiger partial charge in [-0.1, -0.05) is 32.9 Å². The summed E-state index contributed by atoms with van der Waals surface area (Å²) in [5, 5.41) is 12.8. The van der Waals surface area contributed by atoms with E-state index in [9.17, 15) is 9.18 Å². The van der Waals surface area contributed by atoms with Crippen molar-refractivity contribution in [1.82, 2.24) is 5.32 Å². The maximum atomic E-state index is 13.1. The minimum Gasteiger partial charge on any atom is -0.481 e. The summed E-state index contributed by atoms with van der Waals surface area (Å²) >= 11 is 0. The summed E-state index contributed by atoms with van der Waals surface area (Å²) in [5.41, 5.74) is 1.08. The van der Waals surface area contributed by atoms with Crippen LogP contribution in [0.15, 0.2) is 24.3 Å². The number of carbonyl (C=O) groups is 1. The maximum absolute atomic E-state index is 13.1. The first-order chi connectivity index (χ1) is 10.3. The van der Waals surface area contributed by atoms with Crippen molar-refractivity contribution in [2.45, 2.75) is 58.5 Å². The first-order valence-corrected chi connectivity index (χ1v) is 8.01. The highest BCUT2D eigenvalue weighted by Crippen LogP contribution is 2.35. The summed E-state index contributed by atoms with van der Waals surface area (Å²) in [6, 6.07) is 7.11. The molecule has 0 saturated heterocycles. The molecule has 1 atom stereocenters. The third-order valence-corrected chi connectivity index (χ3v) is 4.55. The molecule has 0 aromatic heterocycles. The Balaban J connectivity index is 2.06. The molecule has 1 aliphatic rings. The Kier molecular flexibility index (Phi) is 5.22. The van der Waals surface area contributed by atoms with Crippen LogP contribution in [0.1, 0.15) is 58.1 Å². The van der Waals surface area contributed by atoms with E-state index in [4.69, 9.17) is 5.11 Å². The van der Waals surface area contributed by atoms with Crippen LogP contribution in [-0.2, 0) is 4.79 Å². The number of carboxylic acids is 1. The first kappa shape index (κ1) is 16.9. The van der Waals surface area contributed by atoms with Crippen LogP contribution in [0.3, 0.4) is 0 Å². The molecule has 0 spiro atoms. The molecule has 22 heavy (non-hydrogen) atoms. The second-order valence-corrected chi connectivity index (χ2v) is 7.40. The van der Waals surface area contributed by atoms with E-state index in [0.717, 1.165) is 31.2 Å². The largest absolute Gasteiger partial charge is 0.481 e. The molecule has 2 N–H and O–H groups in total. The molecule has 1 fully saturated rings. The van der Waals surface area contributed by atoms with E-state index in [1.807, 2.05) is 12.1 Å². The fraction of sp³-hybridized carbons (Fsp3) is 0.611. The lowest BCUT2D eigenvalue weighted by Gasteiger charge is -2.37. The molecule has 1 aromatic carbocycles. The molecule has 0 amide bonds. The Hall–Kier alpha value is -1.42. The summed E-state index contributed by atoms with van der Waals surface area (Å²) in [7, 11) is 0. The van der Waals surface area contributed by atoms with Crippen LogP contribution in [0, 0.1) is 17.2 Å². The van der Waals surface area contributed by atoms with Crippen LogP contribution in [0.4, 0.5) is 4.39 Å². The molecule has 0 radical (unpaired) electrons. The Morgan fingerprint density at radius 1 is 1.18 bits per heavy atom. The van der Waals surface area contributed by atoms with Crippen molar-refractivity contribution in [2.24, 2.45) is 11.3 Å². The minimum atomic E-state index is -0.677. The highest BCUT2D eigenvalue weighted by atomic mass is 19.1. The summed E-state index contributed by atoms with van der Waals surface area (Å²) in [6.07, 6.45) is 3.22. The third kappa shape index (κ3) is 4.29. The van der Waals surface area contributed by atoms with Gasteiger partial charge in [0.25, 0.3) is 0 Å². The summed E-state index contributed by atoms with van der Waals surface area (Å²) in [4.78, 5) is 11.0. The van der Waals surface area contributed by atoms with E-state index in [2.05, 4.69) is 26.1 Å². The van der Waals surface area contributed by atoms with Crippen molar-refractivity contribution >= 4 is 5.97 Å². The number of benzene rings is 1. The number of hydrogen-bond acceptors (Lipinski definition) is 2. The Morgan fingerprint density at radius 2 is 1.73 bits per heavy atom. The molecule has 1 aliphatic carbocycles. The molecule has 0 bridgehead atoms. The number of hydrogen-bond donors (Lipinski definition) is 2. The Morgan fingerprint density at radius 3 is 2.18 bits per heavy atom. The van der Waals surface area contributed by atoms with Gasteiger partial charge in [0.1, 0.15) is 5.82 Å². The lowest BCUT2D eigenvalue weighted by atomic mass is 9.80. The third-order valence-electron chi connectivity index (χ3n) is 4.55. The van der Waals surface area contributed by atoms with Gasteiger partial charge in [-0.25, -0.2) is 4.39 Å². The Labute approximate surface area is 131 Å². The Bertz CT molecular complexity index is 499. The van der Waals surface area contributed by atoms with Gasteiger partial charge in [0.05, 0.1) is 5.92 Å². The predicted molar refractivity (Wildman–Crippen MR) is 85.1 cm³/mol. The second-order valence-electron chi connectivity index (χ2n) is 7.40. The van der Waals surface area contributed by atoms with Gasteiger partial charge in [-0.15, -0.1) is 0 Å². The zero-order valence-electron chi connectivity index (χ0n) is 13.6. The van der Waals surface area contributed by atoms with Crippen molar-refractivity contribution in [3.63, 3.8) is 0 Å². The summed E-state index contributed by atoms with van der Waals surface area (Å²) < 4.78 is 13.1. The molecule has 1 unspecified atom stereocenters. The highest BCUT2D eigenvalue weighted by Gasteiger charge is 2.31. The summed E-state index contributed by atoms with van der Waals surface area (Å²) in [6.45, 7) is 6.49. The van der Waals surface area contributed by atoms with Crippen molar-refractivity contribution < 1.29 is 14.3 Å². The zero-order chi connectivity index (χ0) is 16.3. The SMILES string of the molecule is CC(C)(C)C(NC1CCC(C(=O)O)CC1)c1ccc(F)cc1. The number of nitrogens with one attached hydrogen (secondary N) is 1. The van der Waals surface area contributed by atoms with Crippen LogP contribution in [0.5, 0.6) is 0 Å². The van der Waals surface area contributed by atoms with E-state index < -0.39 is 5.97 Å². The van der Waals surface area contributed by atoms with E-state index in [1.54, 1.807) is 0 Å². The van der Waals surface area contributed by atoms with Crippen molar-refractivity contribution in [1.29, 1.82) is 0 Å².